The van der Waals surface area contributed by atoms with Crippen LogP contribution in [0.3, 0.4) is 0 Å². The van der Waals surface area contributed by atoms with E-state index in [-0.39, 0.29) is 17.6 Å². The topological polar surface area (TPSA) is 28.2 Å². The average molecular weight is 395 g/mol. The van der Waals surface area contributed by atoms with Gasteiger partial charge in [-0.15, -0.1) is 0 Å². The van der Waals surface area contributed by atoms with Crippen LogP contribution in [0, 0.1) is 0 Å². The second-order valence-corrected chi connectivity index (χ2v) is 28.1. The Balaban J connectivity index is -0.000000256. The summed E-state index contributed by atoms with van der Waals surface area (Å²) < 4.78 is 9.64. The van der Waals surface area contributed by atoms with Gasteiger partial charge in [0.1, 0.15) is 0 Å². The van der Waals surface area contributed by atoms with Crippen molar-refractivity contribution in [2.45, 2.75) is 78.6 Å². The van der Waals surface area contributed by atoms with E-state index >= 15 is 0 Å². The van der Waals surface area contributed by atoms with Gasteiger partial charge in [0.15, 0.2) is 0 Å². The number of hydrogen-bond donors (Lipinski definition) is 0. The van der Waals surface area contributed by atoms with Crippen LogP contribution in [0.1, 0.15) is 0 Å². The zero-order chi connectivity index (χ0) is 15.4. The van der Waals surface area contributed by atoms with Crippen molar-refractivity contribution in [3.8, 4) is 0 Å². The van der Waals surface area contributed by atoms with Gasteiger partial charge >= 0.3 is 17.6 Å². The van der Waals surface area contributed by atoms with Crippen LogP contribution in [0.4, 0.5) is 0 Å². The molecule has 0 aromatic carbocycles. The number of nitrogens with zero attached hydrogens (tertiary/aromatic N) is 2. The summed E-state index contributed by atoms with van der Waals surface area (Å²) in [4.78, 5) is 0. The fourth-order valence-corrected chi connectivity index (χ4v) is 18.1. The first-order valence-corrected chi connectivity index (χ1v) is 20.7. The van der Waals surface area contributed by atoms with Gasteiger partial charge in [-0.2, -0.15) is 0 Å². The molecule has 0 heterocycles. The summed E-state index contributed by atoms with van der Waals surface area (Å²) in [5.74, 6) is 0. The summed E-state index contributed by atoms with van der Waals surface area (Å²) in [6.45, 7) is 27.6. The molecule has 0 spiro atoms. The van der Waals surface area contributed by atoms with Crippen molar-refractivity contribution in [3.63, 3.8) is 0 Å². The molecular weight excluding hydrogens is 357 g/mol. The van der Waals surface area contributed by atoms with Crippen LogP contribution in [0.25, 0.3) is 9.30 Å². The van der Waals surface area contributed by atoms with Crippen LogP contribution < -0.4 is 0 Å². The Morgan fingerprint density at radius 1 is 0.368 bits per heavy atom. The van der Waals surface area contributed by atoms with Gasteiger partial charge in [0, 0.05) is 0 Å². The first-order chi connectivity index (χ1) is 7.41. The van der Waals surface area contributed by atoms with Crippen molar-refractivity contribution in [1.29, 1.82) is 0 Å². The van der Waals surface area contributed by atoms with Gasteiger partial charge in [-0.25, -0.2) is 0 Å². The standard InChI is InChI=1S/2C6H18NSi2.GeH2/c2*1-8(2,3)7-9(4,5)6;/h2*1-6H3;1H2/q2*-1;+2. The van der Waals surface area contributed by atoms with E-state index in [4.69, 9.17) is 9.30 Å². The van der Waals surface area contributed by atoms with Crippen LogP contribution in [0.15, 0.2) is 0 Å². The minimum atomic E-state index is -1.11. The summed E-state index contributed by atoms with van der Waals surface area (Å²) in [5.41, 5.74) is 0. The Morgan fingerprint density at radius 3 is 0.474 bits per heavy atom. The molecule has 19 heavy (non-hydrogen) atoms. The molecule has 0 aliphatic rings. The molecule has 0 aromatic rings. The van der Waals surface area contributed by atoms with Gasteiger partial charge in [0.2, 0.25) is 0 Å². The molecule has 0 fully saturated rings. The Morgan fingerprint density at radius 2 is 0.474 bits per heavy atom. The van der Waals surface area contributed by atoms with E-state index in [1.165, 1.54) is 0 Å². The molecule has 0 saturated heterocycles. The van der Waals surface area contributed by atoms with E-state index in [0.29, 0.717) is 0 Å². The molecule has 116 valence electrons. The molecule has 0 N–H and O–H groups in total. The first-order valence-electron chi connectivity index (χ1n) is 6.89. The summed E-state index contributed by atoms with van der Waals surface area (Å²) in [5, 5.41) is 0. The van der Waals surface area contributed by atoms with Crippen LogP contribution >= 0.6 is 0 Å². The predicted octanol–water partition coefficient (Wildman–Crippen LogP) is 5.14. The van der Waals surface area contributed by atoms with Gasteiger partial charge in [0.05, 0.1) is 0 Å². The third-order valence-electron chi connectivity index (χ3n) is 1.34. The first kappa shape index (κ1) is 25.3. The van der Waals surface area contributed by atoms with Gasteiger partial charge in [-0.05, 0) is 0 Å². The van der Waals surface area contributed by atoms with Crippen LogP contribution in [0.2, 0.25) is 78.6 Å². The van der Waals surface area contributed by atoms with E-state index in [0.717, 1.165) is 0 Å². The molecule has 0 aliphatic heterocycles. The Kier molecular flexibility index (Phi) is 11.6. The van der Waals surface area contributed by atoms with Crippen molar-refractivity contribution in [2.75, 3.05) is 0 Å². The van der Waals surface area contributed by atoms with Crippen molar-refractivity contribution in [3.05, 3.63) is 9.30 Å². The normalized spacial score (nSPS) is 13.3. The van der Waals surface area contributed by atoms with Crippen molar-refractivity contribution < 1.29 is 0 Å². The molecule has 7 heteroatoms. The predicted molar refractivity (Wildman–Crippen MR) is 109 cm³/mol. The van der Waals surface area contributed by atoms with E-state index in [2.05, 4.69) is 78.6 Å². The number of rotatable bonds is 4. The molecule has 0 amide bonds. The molecule has 0 rings (SSSR count). The molecule has 0 aliphatic carbocycles. The van der Waals surface area contributed by atoms with E-state index < -0.39 is 32.9 Å². The Hall–Kier alpha value is 1.33. The summed E-state index contributed by atoms with van der Waals surface area (Å²) in [6.07, 6.45) is 0. The summed E-state index contributed by atoms with van der Waals surface area (Å²) >= 11 is 0. The number of hydrogen-bond acceptors (Lipinski definition) is 0. The van der Waals surface area contributed by atoms with Gasteiger partial charge < -0.3 is 9.30 Å². The zero-order valence-corrected chi connectivity index (χ0v) is 22.6. The Labute approximate surface area is 138 Å². The minimum absolute atomic E-state index is 0. The molecule has 0 unspecified atom stereocenters. The maximum atomic E-state index is 4.82. The molecular formula is C12H38GeN2Si4. The summed E-state index contributed by atoms with van der Waals surface area (Å²) in [6, 6.07) is 0. The molecule has 0 saturated carbocycles. The quantitative estimate of drug-likeness (QED) is 0.590. The fourth-order valence-electron chi connectivity index (χ4n) is 2.01. The van der Waals surface area contributed by atoms with Crippen molar-refractivity contribution in [1.82, 2.24) is 0 Å². The monoisotopic (exact) mass is 396 g/mol. The van der Waals surface area contributed by atoms with Crippen molar-refractivity contribution >= 4 is 50.5 Å². The van der Waals surface area contributed by atoms with Crippen LogP contribution in [-0.2, 0) is 0 Å². The van der Waals surface area contributed by atoms with E-state index in [1.807, 2.05) is 0 Å². The SMILES string of the molecule is C[Si](C)(C)[N-][Si](C)(C)C.C[Si](C)(C)[N-][Si](C)(C)C.[GeH2+2]. The third kappa shape index (κ3) is 32.7. The molecule has 0 atom stereocenters. The van der Waals surface area contributed by atoms with Crippen molar-refractivity contribution in [2.24, 2.45) is 0 Å². The van der Waals surface area contributed by atoms with Gasteiger partial charge in [-0.1, -0.05) is 112 Å². The second-order valence-electron chi connectivity index (χ2n) is 8.91. The third-order valence-corrected chi connectivity index (χ3v) is 12.1. The average Bonchev–Trinajstić information content (AvgIpc) is 1.64. The van der Waals surface area contributed by atoms with E-state index in [9.17, 15) is 0 Å². The molecule has 0 aromatic heterocycles. The molecule has 2 nitrogen and oxygen atoms in total. The fraction of sp³-hybridized carbons (Fsp3) is 1.00. The summed E-state index contributed by atoms with van der Waals surface area (Å²) in [7, 11) is -4.42. The van der Waals surface area contributed by atoms with Crippen LogP contribution in [-0.4, -0.2) is 50.5 Å². The maximum absolute atomic E-state index is 4.82. The molecule has 0 radical (unpaired) electrons. The van der Waals surface area contributed by atoms with Gasteiger partial charge in [0.25, 0.3) is 0 Å². The second kappa shape index (κ2) is 8.70. The van der Waals surface area contributed by atoms with Crippen LogP contribution in [0.5, 0.6) is 0 Å². The van der Waals surface area contributed by atoms with Gasteiger partial charge in [-0.3, -0.25) is 0 Å². The molecule has 0 bridgehead atoms. The van der Waals surface area contributed by atoms with E-state index in [1.54, 1.807) is 0 Å². The zero-order valence-electron chi connectivity index (χ0n) is 15.6. The Bertz CT molecular complexity index is 184.